The Labute approximate surface area is 120 Å². The van der Waals surface area contributed by atoms with Crippen LogP contribution in [0.15, 0.2) is 35.3 Å². The lowest BCUT2D eigenvalue weighted by atomic mass is 9.87. The van der Waals surface area contributed by atoms with Crippen molar-refractivity contribution in [3.8, 4) is 0 Å². The first kappa shape index (κ1) is 14.7. The normalized spacial score (nSPS) is 13.9. The number of aromatic nitrogens is 2. The summed E-state index contributed by atoms with van der Waals surface area (Å²) in [6, 6.07) is 7.62. The minimum atomic E-state index is -0.0255. The Morgan fingerprint density at radius 3 is 2.70 bits per heavy atom. The van der Waals surface area contributed by atoms with Crippen LogP contribution in [-0.2, 0) is 6.54 Å². The molecule has 0 amide bonds. The van der Waals surface area contributed by atoms with Gasteiger partial charge in [-0.3, -0.25) is 14.1 Å². The second-order valence-electron chi connectivity index (χ2n) is 6.47. The lowest BCUT2D eigenvalue weighted by molar-refractivity contribution is 0.133. The zero-order valence-corrected chi connectivity index (χ0v) is 12.9. The molecule has 2 aromatic heterocycles. The van der Waals surface area contributed by atoms with Crippen molar-refractivity contribution in [3.63, 3.8) is 0 Å². The Hall–Kier alpha value is -1.68. The predicted molar refractivity (Wildman–Crippen MR) is 81.8 cm³/mol. The summed E-state index contributed by atoms with van der Waals surface area (Å²) in [5.41, 5.74) is 1.69. The van der Waals surface area contributed by atoms with Gasteiger partial charge in [0.1, 0.15) is 5.65 Å². The van der Waals surface area contributed by atoms with Crippen LogP contribution in [0.5, 0.6) is 0 Å². The van der Waals surface area contributed by atoms with Crippen LogP contribution in [0.3, 0.4) is 0 Å². The molecule has 1 atom stereocenters. The van der Waals surface area contributed by atoms with E-state index in [2.05, 4.69) is 44.6 Å². The first-order valence-corrected chi connectivity index (χ1v) is 6.96. The maximum Gasteiger partial charge on any atom is 0.258 e. The van der Waals surface area contributed by atoms with Gasteiger partial charge in [0.05, 0.1) is 5.69 Å². The second kappa shape index (κ2) is 5.37. The van der Waals surface area contributed by atoms with Crippen molar-refractivity contribution >= 4 is 5.65 Å². The molecule has 0 bridgehead atoms. The van der Waals surface area contributed by atoms with E-state index >= 15 is 0 Å². The summed E-state index contributed by atoms with van der Waals surface area (Å²) in [5, 5.41) is 0. The van der Waals surface area contributed by atoms with Gasteiger partial charge in [0.2, 0.25) is 0 Å². The fourth-order valence-corrected chi connectivity index (χ4v) is 2.24. The zero-order valence-electron chi connectivity index (χ0n) is 12.9. The SMILES string of the molecule is C[C@H](N(C)Cc1cc(=O)n2ccccc2n1)C(C)(C)C. The monoisotopic (exact) mass is 273 g/mol. The summed E-state index contributed by atoms with van der Waals surface area (Å²) in [7, 11) is 2.07. The second-order valence-corrected chi connectivity index (χ2v) is 6.47. The molecule has 0 saturated carbocycles. The van der Waals surface area contributed by atoms with Gasteiger partial charge in [0.15, 0.2) is 0 Å². The molecule has 4 nitrogen and oxygen atoms in total. The molecule has 2 heterocycles. The fraction of sp³-hybridized carbons (Fsp3) is 0.500. The van der Waals surface area contributed by atoms with Crippen molar-refractivity contribution in [2.75, 3.05) is 7.05 Å². The third-order valence-corrected chi connectivity index (χ3v) is 3.95. The number of hydrogen-bond acceptors (Lipinski definition) is 3. The van der Waals surface area contributed by atoms with Gasteiger partial charge in [0.25, 0.3) is 5.56 Å². The van der Waals surface area contributed by atoms with Crippen molar-refractivity contribution in [2.45, 2.75) is 40.3 Å². The zero-order chi connectivity index (χ0) is 14.9. The molecule has 0 spiro atoms. The third kappa shape index (κ3) is 3.07. The molecule has 2 rings (SSSR count). The summed E-state index contributed by atoms with van der Waals surface area (Å²) in [4.78, 5) is 18.9. The average Bonchev–Trinajstić information content (AvgIpc) is 2.36. The highest BCUT2D eigenvalue weighted by molar-refractivity contribution is 5.37. The van der Waals surface area contributed by atoms with Crippen molar-refractivity contribution in [3.05, 3.63) is 46.5 Å². The van der Waals surface area contributed by atoms with Crippen LogP contribution >= 0.6 is 0 Å². The molecule has 0 aliphatic carbocycles. The van der Waals surface area contributed by atoms with Crippen LogP contribution < -0.4 is 5.56 Å². The molecule has 0 fully saturated rings. The Bertz CT molecular complexity index is 655. The first-order valence-electron chi connectivity index (χ1n) is 6.96. The highest BCUT2D eigenvalue weighted by atomic mass is 16.1. The average molecular weight is 273 g/mol. The lowest BCUT2D eigenvalue weighted by Gasteiger charge is -2.35. The van der Waals surface area contributed by atoms with E-state index in [4.69, 9.17) is 0 Å². The number of nitrogens with zero attached hydrogens (tertiary/aromatic N) is 3. The van der Waals surface area contributed by atoms with Gasteiger partial charge in [-0.05, 0) is 31.5 Å². The molecule has 0 aliphatic heterocycles. The van der Waals surface area contributed by atoms with Gasteiger partial charge in [-0.2, -0.15) is 0 Å². The van der Waals surface area contributed by atoms with E-state index in [0.29, 0.717) is 18.2 Å². The molecular weight excluding hydrogens is 250 g/mol. The van der Waals surface area contributed by atoms with E-state index in [1.165, 1.54) is 0 Å². The number of pyridine rings is 1. The molecule has 0 saturated heterocycles. The molecule has 20 heavy (non-hydrogen) atoms. The van der Waals surface area contributed by atoms with Crippen LogP contribution in [0.1, 0.15) is 33.4 Å². The summed E-state index contributed by atoms with van der Waals surface area (Å²) in [6.45, 7) is 9.54. The topological polar surface area (TPSA) is 37.6 Å². The van der Waals surface area contributed by atoms with Gasteiger partial charge in [-0.1, -0.05) is 26.8 Å². The Balaban J connectivity index is 2.29. The lowest BCUT2D eigenvalue weighted by Crippen LogP contribution is -2.39. The summed E-state index contributed by atoms with van der Waals surface area (Å²) in [6.07, 6.45) is 1.75. The van der Waals surface area contributed by atoms with E-state index in [1.807, 2.05) is 18.2 Å². The molecule has 0 unspecified atom stereocenters. The van der Waals surface area contributed by atoms with Gasteiger partial charge in [-0.15, -0.1) is 0 Å². The smallest absolute Gasteiger partial charge is 0.258 e. The quantitative estimate of drug-likeness (QED) is 0.862. The highest BCUT2D eigenvalue weighted by Crippen LogP contribution is 2.23. The molecular formula is C16H23N3O. The standard InChI is InChI=1S/C16H23N3O/c1-12(16(2,3)4)18(5)11-13-10-15(20)19-9-7-6-8-14(19)17-13/h6-10,12H,11H2,1-5H3/t12-/m0/s1. The van der Waals surface area contributed by atoms with Gasteiger partial charge in [0, 0.05) is 24.8 Å². The molecule has 108 valence electrons. The van der Waals surface area contributed by atoms with Crippen LogP contribution in [0, 0.1) is 5.41 Å². The van der Waals surface area contributed by atoms with Crippen molar-refractivity contribution in [2.24, 2.45) is 5.41 Å². The van der Waals surface area contributed by atoms with E-state index in [1.54, 1.807) is 16.7 Å². The minimum Gasteiger partial charge on any atom is -0.297 e. The van der Waals surface area contributed by atoms with E-state index in [0.717, 1.165) is 5.69 Å². The van der Waals surface area contributed by atoms with E-state index in [-0.39, 0.29) is 11.0 Å². The molecule has 2 aromatic rings. The Morgan fingerprint density at radius 1 is 1.35 bits per heavy atom. The van der Waals surface area contributed by atoms with E-state index in [9.17, 15) is 4.79 Å². The maximum atomic E-state index is 12.1. The third-order valence-electron chi connectivity index (χ3n) is 3.95. The molecule has 0 N–H and O–H groups in total. The number of hydrogen-bond donors (Lipinski definition) is 0. The van der Waals surface area contributed by atoms with Crippen molar-refractivity contribution in [1.29, 1.82) is 0 Å². The van der Waals surface area contributed by atoms with Crippen LogP contribution in [0.2, 0.25) is 0 Å². The fourth-order valence-electron chi connectivity index (χ4n) is 2.24. The van der Waals surface area contributed by atoms with Crippen LogP contribution in [-0.4, -0.2) is 27.4 Å². The van der Waals surface area contributed by atoms with Gasteiger partial charge < -0.3 is 0 Å². The van der Waals surface area contributed by atoms with Crippen LogP contribution in [0.25, 0.3) is 5.65 Å². The summed E-state index contributed by atoms with van der Waals surface area (Å²) in [5.74, 6) is 0. The maximum absolute atomic E-state index is 12.1. The predicted octanol–water partition coefficient (Wildman–Crippen LogP) is 2.56. The Morgan fingerprint density at radius 2 is 2.05 bits per heavy atom. The molecule has 0 aliphatic rings. The highest BCUT2D eigenvalue weighted by Gasteiger charge is 2.24. The summed E-state index contributed by atoms with van der Waals surface area (Å²) < 4.78 is 1.57. The van der Waals surface area contributed by atoms with Crippen molar-refractivity contribution in [1.82, 2.24) is 14.3 Å². The van der Waals surface area contributed by atoms with Crippen molar-refractivity contribution < 1.29 is 0 Å². The Kier molecular flexibility index (Phi) is 3.95. The number of fused-ring (bicyclic) bond motifs is 1. The summed E-state index contributed by atoms with van der Waals surface area (Å²) >= 11 is 0. The first-order chi connectivity index (χ1) is 9.29. The number of rotatable bonds is 3. The van der Waals surface area contributed by atoms with Gasteiger partial charge in [-0.25, -0.2) is 4.98 Å². The van der Waals surface area contributed by atoms with Crippen LogP contribution in [0.4, 0.5) is 0 Å². The molecule has 0 aromatic carbocycles. The minimum absolute atomic E-state index is 0.0255. The largest absolute Gasteiger partial charge is 0.297 e. The van der Waals surface area contributed by atoms with Gasteiger partial charge >= 0.3 is 0 Å². The molecule has 4 heteroatoms. The molecule has 0 radical (unpaired) electrons. The van der Waals surface area contributed by atoms with E-state index < -0.39 is 0 Å².